The van der Waals surface area contributed by atoms with Gasteiger partial charge < -0.3 is 19.3 Å². The van der Waals surface area contributed by atoms with Gasteiger partial charge in [-0.3, -0.25) is 4.79 Å². The van der Waals surface area contributed by atoms with E-state index in [4.69, 9.17) is 4.52 Å². The molecular weight excluding hydrogens is 436 g/mol. The van der Waals surface area contributed by atoms with Gasteiger partial charge in [-0.2, -0.15) is 0 Å². The molecule has 162 valence electrons. The Kier molecular flexibility index (Phi) is 10.6. The third kappa shape index (κ3) is 5.98. The van der Waals surface area contributed by atoms with Crippen LogP contribution in [0.4, 0.5) is 0 Å². The van der Waals surface area contributed by atoms with E-state index >= 15 is 0 Å². The molecule has 2 aromatic carbocycles. The van der Waals surface area contributed by atoms with Gasteiger partial charge in [-0.1, -0.05) is 68.3 Å². The number of benzene rings is 2. The number of nitrogens with one attached hydrogen (secondary N) is 1. The Balaban J connectivity index is 0.00000341. The van der Waals surface area contributed by atoms with Gasteiger partial charge in [-0.15, -0.1) is 0 Å². The van der Waals surface area contributed by atoms with Crippen LogP contribution in [0.3, 0.4) is 0 Å². The fourth-order valence-corrected chi connectivity index (χ4v) is 5.52. The fraction of sp³-hybridized carbons (Fsp3) is 0.458. The zero-order chi connectivity index (χ0) is 21.6. The predicted octanol–water partition coefficient (Wildman–Crippen LogP) is 1.63. The number of rotatable bonds is 11. The van der Waals surface area contributed by atoms with Crippen molar-refractivity contribution in [3.05, 3.63) is 59.7 Å². The van der Waals surface area contributed by atoms with Gasteiger partial charge in [0, 0.05) is 12.7 Å². The number of amides is 1. The van der Waals surface area contributed by atoms with Crippen LogP contribution in [0.1, 0.15) is 57.1 Å². The summed E-state index contributed by atoms with van der Waals surface area (Å²) in [7, 11) is -3.82. The van der Waals surface area contributed by atoms with Crippen molar-refractivity contribution >= 4 is 13.5 Å². The molecule has 0 saturated heterocycles. The van der Waals surface area contributed by atoms with Gasteiger partial charge in [0.25, 0.3) is 0 Å². The summed E-state index contributed by atoms with van der Waals surface area (Å²) in [6.07, 6.45) is 3.28. The van der Waals surface area contributed by atoms with Crippen molar-refractivity contribution in [2.75, 3.05) is 19.3 Å². The molecule has 0 aromatic heterocycles. The van der Waals surface area contributed by atoms with E-state index in [0.717, 1.165) is 35.1 Å². The van der Waals surface area contributed by atoms with Crippen molar-refractivity contribution in [3.63, 3.8) is 0 Å². The molecule has 1 unspecified atom stereocenters. The first-order valence-corrected chi connectivity index (χ1v) is 12.6. The molecule has 1 aliphatic rings. The summed E-state index contributed by atoms with van der Waals surface area (Å²) in [6, 6.07) is 16.1. The molecule has 0 aliphatic heterocycles. The van der Waals surface area contributed by atoms with Crippen LogP contribution >= 0.6 is 7.60 Å². The summed E-state index contributed by atoms with van der Waals surface area (Å²) < 4.78 is 17.2. The molecule has 0 spiro atoms. The largest absolute Gasteiger partial charge is 1.00 e. The molecule has 1 aliphatic carbocycles. The molecule has 0 radical (unpaired) electrons. The minimum atomic E-state index is -3.82. The standard InChI is InChI=1S/C24H32NO4P.K/c1-3-5-17-29-30(27,28)18-11-10-16-24(23(26)25-4-2)21-14-8-6-12-19(21)20-13-7-9-15-22(20)24;/h6-9,12-15H,3-5,10-11,16-18H2,1-2H3,(H,25,26)(H,27,28);/q;+1/p-1. The Hall–Kier alpha value is -0.304. The molecule has 0 bridgehead atoms. The normalized spacial score (nSPS) is 15.3. The van der Waals surface area contributed by atoms with Crippen LogP contribution in [0.2, 0.25) is 0 Å². The maximum absolute atomic E-state index is 13.4. The van der Waals surface area contributed by atoms with Crippen LogP contribution in [-0.4, -0.2) is 25.2 Å². The van der Waals surface area contributed by atoms with Crippen LogP contribution < -0.4 is 61.6 Å². The van der Waals surface area contributed by atoms with Crippen molar-refractivity contribution in [1.82, 2.24) is 5.32 Å². The Bertz CT molecular complexity index is 888. The van der Waals surface area contributed by atoms with Crippen LogP contribution in [0.5, 0.6) is 0 Å². The molecule has 1 atom stereocenters. The first-order valence-electron chi connectivity index (χ1n) is 10.9. The van der Waals surface area contributed by atoms with Gasteiger partial charge in [-0.25, -0.2) is 0 Å². The zero-order valence-corrected chi connectivity index (χ0v) is 22.9. The van der Waals surface area contributed by atoms with Gasteiger partial charge in [0.15, 0.2) is 0 Å². The molecular formula is C24H31KNO4P. The Morgan fingerprint density at radius 1 is 1.00 bits per heavy atom. The third-order valence-electron chi connectivity index (χ3n) is 5.81. The molecule has 0 saturated carbocycles. The van der Waals surface area contributed by atoms with Crippen molar-refractivity contribution < 1.29 is 70.2 Å². The SMILES string of the molecule is CCCCOP(=O)([O-])CCCCC1(C(=O)NCC)c2ccccc2-c2ccccc21.[K+]. The minimum absolute atomic E-state index is 0. The van der Waals surface area contributed by atoms with Crippen molar-refractivity contribution in [2.24, 2.45) is 0 Å². The number of fused-ring (bicyclic) bond motifs is 3. The summed E-state index contributed by atoms with van der Waals surface area (Å²) in [4.78, 5) is 25.5. The Morgan fingerprint density at radius 3 is 2.13 bits per heavy atom. The van der Waals surface area contributed by atoms with Crippen molar-refractivity contribution in [2.45, 2.75) is 51.4 Å². The molecule has 1 N–H and O–H groups in total. The summed E-state index contributed by atoms with van der Waals surface area (Å²) in [6.45, 7) is 4.71. The van der Waals surface area contributed by atoms with Crippen molar-refractivity contribution in [1.29, 1.82) is 0 Å². The Morgan fingerprint density at radius 2 is 1.58 bits per heavy atom. The van der Waals surface area contributed by atoms with E-state index in [0.29, 0.717) is 25.8 Å². The first-order chi connectivity index (χ1) is 14.5. The smallest absolute Gasteiger partial charge is 0.778 e. The minimum Gasteiger partial charge on any atom is -0.778 e. The number of carbonyl (C=O) groups excluding carboxylic acids is 1. The molecule has 5 nitrogen and oxygen atoms in total. The number of carbonyl (C=O) groups is 1. The summed E-state index contributed by atoms with van der Waals surface area (Å²) >= 11 is 0. The van der Waals surface area contributed by atoms with E-state index in [9.17, 15) is 14.3 Å². The summed E-state index contributed by atoms with van der Waals surface area (Å²) in [5.41, 5.74) is 3.37. The van der Waals surface area contributed by atoms with Gasteiger partial charge in [0.05, 0.1) is 6.61 Å². The maximum atomic E-state index is 13.4. The second kappa shape index (κ2) is 12.2. The number of hydrogen-bond acceptors (Lipinski definition) is 4. The van der Waals surface area contributed by atoms with Gasteiger partial charge in [0.1, 0.15) is 13.0 Å². The van der Waals surface area contributed by atoms with E-state index in [1.165, 1.54) is 0 Å². The van der Waals surface area contributed by atoms with Crippen LogP contribution in [0.25, 0.3) is 11.1 Å². The fourth-order valence-electron chi connectivity index (χ4n) is 4.37. The van der Waals surface area contributed by atoms with Crippen molar-refractivity contribution in [3.8, 4) is 11.1 Å². The average molecular weight is 468 g/mol. The average Bonchev–Trinajstić information content (AvgIpc) is 3.03. The Labute approximate surface area is 228 Å². The molecule has 31 heavy (non-hydrogen) atoms. The topological polar surface area (TPSA) is 78.5 Å². The molecule has 0 fully saturated rings. The zero-order valence-electron chi connectivity index (χ0n) is 18.9. The predicted molar refractivity (Wildman–Crippen MR) is 119 cm³/mol. The van der Waals surface area contributed by atoms with Gasteiger partial charge in [-0.05, 0) is 48.4 Å². The quantitative estimate of drug-likeness (QED) is 0.310. The van der Waals surface area contributed by atoms with E-state index in [-0.39, 0.29) is 70.1 Å². The van der Waals surface area contributed by atoms with Crippen LogP contribution in [-0.2, 0) is 19.3 Å². The van der Waals surface area contributed by atoms with Gasteiger partial charge >= 0.3 is 51.4 Å². The van der Waals surface area contributed by atoms with E-state index in [2.05, 4.69) is 17.4 Å². The van der Waals surface area contributed by atoms with Crippen LogP contribution in [0, 0.1) is 0 Å². The van der Waals surface area contributed by atoms with E-state index in [1.54, 1.807) is 0 Å². The monoisotopic (exact) mass is 467 g/mol. The molecule has 3 rings (SSSR count). The van der Waals surface area contributed by atoms with Crippen LogP contribution in [0.15, 0.2) is 48.5 Å². The summed E-state index contributed by atoms with van der Waals surface area (Å²) in [5.74, 6) is -0.0214. The summed E-state index contributed by atoms with van der Waals surface area (Å²) in [5, 5.41) is 3.02. The van der Waals surface area contributed by atoms with Gasteiger partial charge in [0.2, 0.25) is 5.91 Å². The molecule has 0 heterocycles. The van der Waals surface area contributed by atoms with E-state index in [1.807, 2.05) is 50.2 Å². The maximum Gasteiger partial charge on any atom is 1.00 e. The number of unbranched alkanes of at least 4 members (excludes halogenated alkanes) is 2. The number of likely N-dealkylation sites (N-methyl/N-ethyl adjacent to an activating group) is 1. The molecule has 7 heteroatoms. The molecule has 1 amide bonds. The molecule has 2 aromatic rings. The third-order valence-corrected chi connectivity index (χ3v) is 7.25. The first kappa shape index (κ1) is 26.9. The second-order valence-electron chi connectivity index (χ2n) is 7.83. The second-order valence-corrected chi connectivity index (χ2v) is 9.76. The van der Waals surface area contributed by atoms with E-state index < -0.39 is 13.0 Å². The number of hydrogen-bond donors (Lipinski definition) is 1.